The largest absolute Gasteiger partial charge is 0.491 e. The standard InChI is InChI=1S/C27H32N6O/c1-17(2)22-14-28-26(16-32(4)5)31-27(22)33-10-11-34-25-9-7-19(12-21(25)15-33)20-6-8-23-24(13-20)30-18(3)29-23/h6-9,12-14,17H,10-11,15-16H2,1-5H3,(H,29,30). The summed E-state index contributed by atoms with van der Waals surface area (Å²) < 4.78 is 6.15. The summed E-state index contributed by atoms with van der Waals surface area (Å²) in [6.45, 7) is 9.23. The Balaban J connectivity index is 1.51. The molecule has 34 heavy (non-hydrogen) atoms. The SMILES string of the molecule is Cc1nc2ccc(-c3ccc4c(c3)CN(c3nc(CN(C)C)ncc3C(C)C)CCO4)cc2[nH]1. The lowest BCUT2D eigenvalue weighted by molar-refractivity contribution is 0.331. The Kier molecular flexibility index (Phi) is 5.96. The van der Waals surface area contributed by atoms with Crippen molar-refractivity contribution >= 4 is 16.9 Å². The summed E-state index contributed by atoms with van der Waals surface area (Å²) in [7, 11) is 4.08. The van der Waals surface area contributed by atoms with E-state index >= 15 is 0 Å². The minimum absolute atomic E-state index is 0.336. The van der Waals surface area contributed by atoms with Gasteiger partial charge < -0.3 is 19.5 Å². The molecular weight excluding hydrogens is 424 g/mol. The molecule has 0 atom stereocenters. The molecule has 1 N–H and O–H groups in total. The van der Waals surface area contributed by atoms with Crippen LogP contribution in [0.1, 0.15) is 42.5 Å². The van der Waals surface area contributed by atoms with Crippen LogP contribution >= 0.6 is 0 Å². The van der Waals surface area contributed by atoms with Crippen LogP contribution in [0.3, 0.4) is 0 Å². The minimum Gasteiger partial charge on any atom is -0.491 e. The number of ether oxygens (including phenoxy) is 1. The predicted octanol–water partition coefficient (Wildman–Crippen LogP) is 4.91. The Bertz CT molecular complexity index is 1330. The molecule has 2 aromatic carbocycles. The van der Waals surface area contributed by atoms with Gasteiger partial charge in [0.05, 0.1) is 24.1 Å². The van der Waals surface area contributed by atoms with Crippen molar-refractivity contribution in [2.24, 2.45) is 0 Å². The summed E-state index contributed by atoms with van der Waals surface area (Å²) in [4.78, 5) is 21.9. The number of anilines is 1. The zero-order chi connectivity index (χ0) is 23.8. The molecule has 0 aliphatic carbocycles. The Morgan fingerprint density at radius 3 is 2.68 bits per heavy atom. The number of imidazole rings is 1. The highest BCUT2D eigenvalue weighted by Gasteiger charge is 2.22. The quantitative estimate of drug-likeness (QED) is 0.460. The number of aromatic amines is 1. The topological polar surface area (TPSA) is 70.2 Å². The fraction of sp³-hybridized carbons (Fsp3) is 0.370. The van der Waals surface area contributed by atoms with Crippen molar-refractivity contribution in [1.82, 2.24) is 24.8 Å². The number of fused-ring (bicyclic) bond motifs is 2. The van der Waals surface area contributed by atoms with E-state index in [2.05, 4.69) is 75.0 Å². The first kappa shape index (κ1) is 22.3. The van der Waals surface area contributed by atoms with E-state index in [9.17, 15) is 0 Å². The van der Waals surface area contributed by atoms with Gasteiger partial charge in [-0.1, -0.05) is 26.0 Å². The van der Waals surface area contributed by atoms with Crippen LogP contribution < -0.4 is 9.64 Å². The molecule has 176 valence electrons. The molecular formula is C27H32N6O. The van der Waals surface area contributed by atoms with Gasteiger partial charge in [-0.2, -0.15) is 0 Å². The number of hydrogen-bond donors (Lipinski definition) is 1. The van der Waals surface area contributed by atoms with Crippen LogP contribution in [0.5, 0.6) is 5.75 Å². The van der Waals surface area contributed by atoms with Crippen LogP contribution in [-0.2, 0) is 13.1 Å². The summed E-state index contributed by atoms with van der Waals surface area (Å²) >= 11 is 0. The van der Waals surface area contributed by atoms with Gasteiger partial charge in [0.2, 0.25) is 0 Å². The highest BCUT2D eigenvalue weighted by Crippen LogP contribution is 2.33. The zero-order valence-electron chi connectivity index (χ0n) is 20.6. The Hall–Kier alpha value is -3.45. The van der Waals surface area contributed by atoms with Crippen molar-refractivity contribution in [2.75, 3.05) is 32.1 Å². The normalized spacial score (nSPS) is 13.9. The summed E-state index contributed by atoms with van der Waals surface area (Å²) in [6.07, 6.45) is 2.00. The minimum atomic E-state index is 0.336. The van der Waals surface area contributed by atoms with Gasteiger partial charge in [-0.3, -0.25) is 0 Å². The number of aryl methyl sites for hydroxylation is 1. The van der Waals surface area contributed by atoms with Gasteiger partial charge in [0.15, 0.2) is 0 Å². The lowest BCUT2D eigenvalue weighted by Crippen LogP contribution is -2.28. The average Bonchev–Trinajstić information content (AvgIpc) is 3.04. The highest BCUT2D eigenvalue weighted by molar-refractivity contribution is 5.82. The van der Waals surface area contributed by atoms with Crippen LogP contribution in [0.2, 0.25) is 0 Å². The summed E-state index contributed by atoms with van der Waals surface area (Å²) in [5, 5.41) is 0. The van der Waals surface area contributed by atoms with Gasteiger partial charge >= 0.3 is 0 Å². The Morgan fingerprint density at radius 1 is 1.09 bits per heavy atom. The maximum atomic E-state index is 6.15. The molecule has 0 fully saturated rings. The van der Waals surface area contributed by atoms with Gasteiger partial charge in [0, 0.05) is 23.9 Å². The third-order valence-corrected chi connectivity index (χ3v) is 6.20. The number of aromatic nitrogens is 4. The zero-order valence-corrected chi connectivity index (χ0v) is 20.6. The van der Waals surface area contributed by atoms with Gasteiger partial charge in [-0.15, -0.1) is 0 Å². The van der Waals surface area contributed by atoms with Gasteiger partial charge in [-0.25, -0.2) is 15.0 Å². The van der Waals surface area contributed by atoms with E-state index in [-0.39, 0.29) is 0 Å². The lowest BCUT2D eigenvalue weighted by Gasteiger charge is -2.25. The third-order valence-electron chi connectivity index (χ3n) is 6.20. The van der Waals surface area contributed by atoms with Gasteiger partial charge in [0.1, 0.15) is 29.8 Å². The van der Waals surface area contributed by atoms with Crippen LogP contribution in [-0.4, -0.2) is 52.1 Å². The number of hydrogen-bond acceptors (Lipinski definition) is 6. The molecule has 0 radical (unpaired) electrons. The van der Waals surface area contributed by atoms with E-state index in [1.807, 2.05) is 27.2 Å². The number of nitrogens with zero attached hydrogens (tertiary/aromatic N) is 5. The monoisotopic (exact) mass is 456 g/mol. The molecule has 7 heteroatoms. The first-order chi connectivity index (χ1) is 16.4. The molecule has 0 saturated carbocycles. The summed E-state index contributed by atoms with van der Waals surface area (Å²) in [5.74, 6) is 4.06. The van der Waals surface area contributed by atoms with E-state index in [1.54, 1.807) is 0 Å². The fourth-order valence-electron chi connectivity index (χ4n) is 4.51. The Morgan fingerprint density at radius 2 is 1.88 bits per heavy atom. The van der Waals surface area contributed by atoms with Crippen LogP contribution in [0, 0.1) is 6.92 Å². The molecule has 5 rings (SSSR count). The van der Waals surface area contributed by atoms with E-state index in [0.29, 0.717) is 19.1 Å². The first-order valence-electron chi connectivity index (χ1n) is 11.9. The highest BCUT2D eigenvalue weighted by atomic mass is 16.5. The second kappa shape index (κ2) is 9.06. The van der Waals surface area contributed by atoms with E-state index in [0.717, 1.165) is 52.9 Å². The first-order valence-corrected chi connectivity index (χ1v) is 11.9. The molecule has 0 spiro atoms. The van der Waals surface area contributed by atoms with Crippen molar-refractivity contribution in [3.8, 4) is 16.9 Å². The van der Waals surface area contributed by atoms with Gasteiger partial charge in [0.25, 0.3) is 0 Å². The smallest absolute Gasteiger partial charge is 0.144 e. The molecule has 0 bridgehead atoms. The number of H-pyrrole nitrogens is 1. The van der Waals surface area contributed by atoms with Crippen molar-refractivity contribution in [1.29, 1.82) is 0 Å². The van der Waals surface area contributed by atoms with Crippen molar-refractivity contribution < 1.29 is 4.74 Å². The molecule has 0 unspecified atom stereocenters. The second-order valence-corrected chi connectivity index (χ2v) is 9.60. The average molecular weight is 457 g/mol. The van der Waals surface area contributed by atoms with Crippen LogP contribution in [0.15, 0.2) is 42.6 Å². The van der Waals surface area contributed by atoms with E-state index in [1.165, 1.54) is 16.7 Å². The predicted molar refractivity (Wildman–Crippen MR) is 136 cm³/mol. The number of benzene rings is 2. The fourth-order valence-corrected chi connectivity index (χ4v) is 4.51. The molecule has 4 aromatic rings. The molecule has 0 saturated heterocycles. The van der Waals surface area contributed by atoms with E-state index < -0.39 is 0 Å². The molecule has 1 aliphatic heterocycles. The van der Waals surface area contributed by atoms with Crippen molar-refractivity contribution in [3.05, 3.63) is 65.4 Å². The Labute approximate surface area is 200 Å². The summed E-state index contributed by atoms with van der Waals surface area (Å²) in [6, 6.07) is 12.9. The molecule has 7 nitrogen and oxygen atoms in total. The van der Waals surface area contributed by atoms with Crippen LogP contribution in [0.25, 0.3) is 22.2 Å². The lowest BCUT2D eigenvalue weighted by atomic mass is 10.0. The van der Waals surface area contributed by atoms with Crippen molar-refractivity contribution in [2.45, 2.75) is 39.8 Å². The summed E-state index contributed by atoms with van der Waals surface area (Å²) in [5.41, 5.74) is 6.70. The molecule has 3 heterocycles. The number of nitrogens with one attached hydrogen (secondary N) is 1. The molecule has 2 aromatic heterocycles. The molecule has 1 aliphatic rings. The maximum absolute atomic E-state index is 6.15. The molecule has 0 amide bonds. The second-order valence-electron chi connectivity index (χ2n) is 9.60. The van der Waals surface area contributed by atoms with E-state index in [4.69, 9.17) is 9.72 Å². The number of rotatable bonds is 5. The van der Waals surface area contributed by atoms with Crippen molar-refractivity contribution in [3.63, 3.8) is 0 Å². The maximum Gasteiger partial charge on any atom is 0.144 e. The van der Waals surface area contributed by atoms with Gasteiger partial charge in [-0.05, 0) is 62.3 Å². The third kappa shape index (κ3) is 4.48. The van der Waals surface area contributed by atoms with Crippen LogP contribution in [0.4, 0.5) is 5.82 Å².